The van der Waals surface area contributed by atoms with E-state index in [0.29, 0.717) is 5.92 Å². The van der Waals surface area contributed by atoms with Gasteiger partial charge in [-0.1, -0.05) is 0 Å². The minimum absolute atomic E-state index is 0.142. The van der Waals surface area contributed by atoms with Gasteiger partial charge in [0.05, 0.1) is 17.8 Å². The van der Waals surface area contributed by atoms with Gasteiger partial charge in [0.15, 0.2) is 0 Å². The summed E-state index contributed by atoms with van der Waals surface area (Å²) in [5.41, 5.74) is -0.142. The molecule has 2 aliphatic heterocycles. The highest BCUT2D eigenvalue weighted by Crippen LogP contribution is 2.36. The van der Waals surface area contributed by atoms with E-state index in [9.17, 15) is 5.11 Å². The highest BCUT2D eigenvalue weighted by atomic mass is 16.5. The Morgan fingerprint density at radius 1 is 1.43 bits per heavy atom. The molecule has 0 spiro atoms. The number of aliphatic hydroxyl groups is 1. The van der Waals surface area contributed by atoms with Crippen molar-refractivity contribution in [3.8, 4) is 0 Å². The van der Waals surface area contributed by atoms with E-state index >= 15 is 0 Å². The summed E-state index contributed by atoms with van der Waals surface area (Å²) in [5, 5.41) is 10.1. The van der Waals surface area contributed by atoms with Crippen LogP contribution in [-0.4, -0.2) is 48.0 Å². The molecule has 0 saturated carbocycles. The van der Waals surface area contributed by atoms with Crippen LogP contribution in [0.5, 0.6) is 0 Å². The summed E-state index contributed by atoms with van der Waals surface area (Å²) in [4.78, 5) is 2.28. The molecule has 0 radical (unpaired) electrons. The van der Waals surface area contributed by atoms with Gasteiger partial charge in [0.1, 0.15) is 0 Å². The molecule has 2 rings (SSSR count). The molecule has 3 unspecified atom stereocenters. The van der Waals surface area contributed by atoms with E-state index in [0.717, 1.165) is 25.9 Å². The van der Waals surface area contributed by atoms with Crippen LogP contribution in [0.15, 0.2) is 0 Å². The van der Waals surface area contributed by atoms with Gasteiger partial charge < -0.3 is 14.7 Å². The molecule has 1 N–H and O–H groups in total. The standard InChI is InChI=1S/C11H21NO2/c1-11(2)6-9(13)8-7-12(3)5-4-10(8)14-11/h8-10,13H,4-7H2,1-3H3. The predicted molar refractivity (Wildman–Crippen MR) is 55.2 cm³/mol. The Hall–Kier alpha value is -0.120. The predicted octanol–water partition coefficient (Wildman–Crippen LogP) is 0.866. The summed E-state index contributed by atoms with van der Waals surface area (Å²) in [6.07, 6.45) is 1.90. The maximum Gasteiger partial charge on any atom is 0.0659 e. The van der Waals surface area contributed by atoms with Crippen LogP contribution < -0.4 is 0 Å². The topological polar surface area (TPSA) is 32.7 Å². The van der Waals surface area contributed by atoms with Gasteiger partial charge in [0, 0.05) is 25.4 Å². The number of likely N-dealkylation sites (tertiary alicyclic amines) is 1. The van der Waals surface area contributed by atoms with Crippen LogP contribution in [0.1, 0.15) is 26.7 Å². The third-order valence-corrected chi connectivity index (χ3v) is 3.46. The van der Waals surface area contributed by atoms with Crippen LogP contribution in [0, 0.1) is 5.92 Å². The molecule has 2 heterocycles. The Balaban J connectivity index is 2.07. The molecular weight excluding hydrogens is 178 g/mol. The number of ether oxygens (including phenoxy) is 1. The summed E-state index contributed by atoms with van der Waals surface area (Å²) in [6.45, 7) is 6.21. The van der Waals surface area contributed by atoms with Crippen LogP contribution in [0.2, 0.25) is 0 Å². The molecule has 3 heteroatoms. The molecule has 2 fully saturated rings. The lowest BCUT2D eigenvalue weighted by atomic mass is 9.81. The fourth-order valence-electron chi connectivity index (χ4n) is 2.76. The Morgan fingerprint density at radius 2 is 2.14 bits per heavy atom. The molecule has 14 heavy (non-hydrogen) atoms. The van der Waals surface area contributed by atoms with Crippen LogP contribution in [0.25, 0.3) is 0 Å². The fourth-order valence-corrected chi connectivity index (χ4v) is 2.76. The summed E-state index contributed by atoms with van der Waals surface area (Å²) in [6, 6.07) is 0. The van der Waals surface area contributed by atoms with Crippen LogP contribution >= 0.6 is 0 Å². The molecular formula is C11H21NO2. The average Bonchev–Trinajstić information content (AvgIpc) is 2.05. The van der Waals surface area contributed by atoms with Gasteiger partial charge in [-0.3, -0.25) is 0 Å². The highest BCUT2D eigenvalue weighted by molar-refractivity contribution is 4.93. The molecule has 3 atom stereocenters. The Bertz CT molecular complexity index is 217. The van der Waals surface area contributed by atoms with E-state index in [1.165, 1.54) is 0 Å². The molecule has 0 aromatic rings. The van der Waals surface area contributed by atoms with Gasteiger partial charge in [0.25, 0.3) is 0 Å². The van der Waals surface area contributed by atoms with E-state index in [-0.39, 0.29) is 17.8 Å². The molecule has 82 valence electrons. The van der Waals surface area contributed by atoms with Crippen LogP contribution in [0.4, 0.5) is 0 Å². The number of fused-ring (bicyclic) bond motifs is 1. The van der Waals surface area contributed by atoms with Crippen molar-refractivity contribution >= 4 is 0 Å². The lowest BCUT2D eigenvalue weighted by Gasteiger charge is -2.48. The maximum atomic E-state index is 10.1. The SMILES string of the molecule is CN1CCC2OC(C)(C)CC(O)C2C1. The van der Waals surface area contributed by atoms with Gasteiger partial charge in [-0.25, -0.2) is 0 Å². The maximum absolute atomic E-state index is 10.1. The minimum Gasteiger partial charge on any atom is -0.393 e. The largest absolute Gasteiger partial charge is 0.393 e. The Morgan fingerprint density at radius 3 is 2.86 bits per heavy atom. The Labute approximate surface area is 86.0 Å². The smallest absolute Gasteiger partial charge is 0.0659 e. The zero-order valence-electron chi connectivity index (χ0n) is 9.36. The second-order valence-electron chi connectivity index (χ2n) is 5.40. The van der Waals surface area contributed by atoms with Gasteiger partial charge >= 0.3 is 0 Å². The zero-order chi connectivity index (χ0) is 10.3. The summed E-state index contributed by atoms with van der Waals surface area (Å²) in [7, 11) is 2.11. The first kappa shape index (κ1) is 10.4. The van der Waals surface area contributed by atoms with E-state index < -0.39 is 0 Å². The number of aliphatic hydroxyl groups excluding tert-OH is 1. The number of hydrogen-bond acceptors (Lipinski definition) is 3. The van der Waals surface area contributed by atoms with Crippen LogP contribution in [-0.2, 0) is 4.74 Å². The summed E-state index contributed by atoms with van der Waals surface area (Å²) < 4.78 is 6.01. The number of piperidine rings is 1. The second-order valence-corrected chi connectivity index (χ2v) is 5.40. The third kappa shape index (κ3) is 1.95. The zero-order valence-corrected chi connectivity index (χ0v) is 9.36. The van der Waals surface area contributed by atoms with Gasteiger partial charge in [-0.05, 0) is 27.3 Å². The molecule has 0 aliphatic carbocycles. The van der Waals surface area contributed by atoms with Crippen molar-refractivity contribution in [3.63, 3.8) is 0 Å². The minimum atomic E-state index is -0.188. The number of nitrogens with zero attached hydrogens (tertiary/aromatic N) is 1. The van der Waals surface area contributed by atoms with Crippen molar-refractivity contribution in [2.75, 3.05) is 20.1 Å². The first-order chi connectivity index (χ1) is 6.48. The van der Waals surface area contributed by atoms with E-state index in [1.807, 2.05) is 0 Å². The number of hydrogen-bond donors (Lipinski definition) is 1. The molecule has 2 aliphatic rings. The fraction of sp³-hybridized carbons (Fsp3) is 1.00. The first-order valence-corrected chi connectivity index (χ1v) is 5.52. The highest BCUT2D eigenvalue weighted by Gasteiger charge is 2.43. The average molecular weight is 199 g/mol. The quantitative estimate of drug-likeness (QED) is 0.628. The van der Waals surface area contributed by atoms with Crippen molar-refractivity contribution in [1.29, 1.82) is 0 Å². The van der Waals surface area contributed by atoms with Crippen molar-refractivity contribution in [3.05, 3.63) is 0 Å². The van der Waals surface area contributed by atoms with Crippen molar-refractivity contribution in [2.24, 2.45) is 5.92 Å². The monoisotopic (exact) mass is 199 g/mol. The van der Waals surface area contributed by atoms with E-state index in [2.05, 4.69) is 25.8 Å². The molecule has 0 bridgehead atoms. The molecule has 0 aromatic heterocycles. The van der Waals surface area contributed by atoms with Gasteiger partial charge in [-0.15, -0.1) is 0 Å². The van der Waals surface area contributed by atoms with E-state index in [4.69, 9.17) is 4.74 Å². The van der Waals surface area contributed by atoms with Crippen LogP contribution in [0.3, 0.4) is 0 Å². The van der Waals surface area contributed by atoms with Crippen molar-refractivity contribution in [2.45, 2.75) is 44.5 Å². The van der Waals surface area contributed by atoms with E-state index in [1.54, 1.807) is 0 Å². The van der Waals surface area contributed by atoms with Gasteiger partial charge in [-0.2, -0.15) is 0 Å². The normalized spacial score (nSPS) is 43.3. The lowest BCUT2D eigenvalue weighted by molar-refractivity contribution is -0.193. The van der Waals surface area contributed by atoms with Gasteiger partial charge in [0.2, 0.25) is 0 Å². The number of rotatable bonds is 0. The van der Waals surface area contributed by atoms with Crippen molar-refractivity contribution in [1.82, 2.24) is 4.90 Å². The van der Waals surface area contributed by atoms with Crippen molar-refractivity contribution < 1.29 is 9.84 Å². The Kier molecular flexibility index (Phi) is 2.58. The lowest BCUT2D eigenvalue weighted by Crippen LogP contribution is -2.55. The third-order valence-electron chi connectivity index (χ3n) is 3.46. The molecule has 0 aromatic carbocycles. The molecule has 3 nitrogen and oxygen atoms in total. The second kappa shape index (κ2) is 3.47. The summed E-state index contributed by atoms with van der Waals surface area (Å²) >= 11 is 0. The molecule has 0 amide bonds. The first-order valence-electron chi connectivity index (χ1n) is 5.52. The molecule has 2 saturated heterocycles. The summed E-state index contributed by atoms with van der Waals surface area (Å²) in [5.74, 6) is 0.321.